The van der Waals surface area contributed by atoms with Gasteiger partial charge in [0.1, 0.15) is 17.8 Å². The summed E-state index contributed by atoms with van der Waals surface area (Å²) in [6.07, 6.45) is -2.39. The summed E-state index contributed by atoms with van der Waals surface area (Å²) in [6, 6.07) is 21.1. The number of para-hydroxylation sites is 1. The zero-order valence-electron chi connectivity index (χ0n) is 20.1. The largest absolute Gasteiger partial charge is 0.438 e. The molecule has 5 aromatic rings. The molecule has 8 nitrogen and oxygen atoms in total. The molecule has 0 saturated heterocycles. The number of rotatable bonds is 6. The van der Waals surface area contributed by atoms with Gasteiger partial charge in [-0.3, -0.25) is 4.79 Å². The number of hydrogen-bond donors (Lipinski definition) is 1. The maximum Gasteiger partial charge on any atom is 0.425 e. The smallest absolute Gasteiger partial charge is 0.425 e. The summed E-state index contributed by atoms with van der Waals surface area (Å²) in [5.74, 6) is 0.631. The number of carbonyl (C=O) groups is 2. The molecule has 0 fully saturated rings. The van der Waals surface area contributed by atoms with Gasteiger partial charge >= 0.3 is 12.3 Å². The van der Waals surface area contributed by atoms with Gasteiger partial charge in [-0.25, -0.2) is 19.3 Å². The molecule has 0 unspecified atom stereocenters. The molecule has 0 aliphatic carbocycles. The first-order chi connectivity index (χ1) is 18.8. The van der Waals surface area contributed by atoms with Crippen LogP contribution < -0.4 is 14.8 Å². The minimum absolute atomic E-state index is 0.0843. The molecule has 0 radical (unpaired) electrons. The highest BCUT2D eigenvalue weighted by Crippen LogP contribution is 2.30. The Morgan fingerprint density at radius 3 is 2.26 bits per heavy atom. The highest BCUT2D eigenvalue weighted by molar-refractivity contribution is 5.92. The van der Waals surface area contributed by atoms with E-state index >= 15 is 0 Å². The third-order valence-electron chi connectivity index (χ3n) is 5.59. The molecule has 196 valence electrons. The third-order valence-corrected chi connectivity index (χ3v) is 5.59. The van der Waals surface area contributed by atoms with Crippen molar-refractivity contribution in [3.8, 4) is 17.4 Å². The Bertz CT molecular complexity index is 1620. The first-order valence-corrected chi connectivity index (χ1v) is 11.6. The van der Waals surface area contributed by atoms with E-state index in [1.807, 2.05) is 6.07 Å². The lowest BCUT2D eigenvalue weighted by Crippen LogP contribution is -2.16. The van der Waals surface area contributed by atoms with Crippen LogP contribution in [-0.4, -0.2) is 26.5 Å². The Labute approximate surface area is 219 Å². The van der Waals surface area contributed by atoms with Gasteiger partial charge in [0.05, 0.1) is 17.4 Å². The van der Waals surface area contributed by atoms with Crippen LogP contribution in [0.3, 0.4) is 0 Å². The van der Waals surface area contributed by atoms with Crippen molar-refractivity contribution in [3.63, 3.8) is 0 Å². The minimum Gasteiger partial charge on any atom is -0.438 e. The number of carbonyl (C=O) groups excluding carboxylic acids is 2. The highest BCUT2D eigenvalue weighted by Gasteiger charge is 2.30. The summed E-state index contributed by atoms with van der Waals surface area (Å²) in [5.41, 5.74) is 0.453. The molecule has 0 aliphatic rings. The number of benzene rings is 3. The molecule has 0 saturated carbocycles. The fourth-order valence-corrected chi connectivity index (χ4v) is 3.72. The quantitative estimate of drug-likeness (QED) is 0.269. The zero-order valence-corrected chi connectivity index (χ0v) is 20.1. The van der Waals surface area contributed by atoms with Crippen LogP contribution in [0.15, 0.2) is 97.5 Å². The van der Waals surface area contributed by atoms with Gasteiger partial charge in [0.15, 0.2) is 5.65 Å². The van der Waals surface area contributed by atoms with Crippen LogP contribution in [-0.2, 0) is 17.4 Å². The SMILES string of the molecule is O=C(Cc1ccc(C(F)(F)F)cc1)Nc1ccc(Oc2ncnc3c2ccn3C(=O)Oc2ccccc2)cc1. The second-order valence-corrected chi connectivity index (χ2v) is 8.33. The topological polar surface area (TPSA) is 95.3 Å². The van der Waals surface area contributed by atoms with Crippen LogP contribution in [0.5, 0.6) is 17.4 Å². The predicted octanol–water partition coefficient (Wildman–Crippen LogP) is 6.47. The molecule has 0 aliphatic heterocycles. The fourth-order valence-electron chi connectivity index (χ4n) is 3.72. The normalized spacial score (nSPS) is 11.3. The van der Waals surface area contributed by atoms with Gasteiger partial charge < -0.3 is 14.8 Å². The third kappa shape index (κ3) is 6.04. The molecular formula is C28H19F3N4O4. The summed E-state index contributed by atoms with van der Waals surface area (Å²) in [5, 5.41) is 3.18. The molecule has 2 aromatic heterocycles. The maximum absolute atomic E-state index is 12.7. The van der Waals surface area contributed by atoms with Gasteiger partial charge in [-0.05, 0) is 60.2 Å². The van der Waals surface area contributed by atoms with Gasteiger partial charge in [0.25, 0.3) is 0 Å². The Hall–Kier alpha value is -5.19. The van der Waals surface area contributed by atoms with Crippen LogP contribution in [0.4, 0.5) is 23.7 Å². The van der Waals surface area contributed by atoms with Crippen LogP contribution in [0.25, 0.3) is 11.0 Å². The monoisotopic (exact) mass is 532 g/mol. The number of halogens is 3. The number of nitrogens with zero attached hydrogens (tertiary/aromatic N) is 3. The zero-order chi connectivity index (χ0) is 27.4. The number of amides is 1. The first kappa shape index (κ1) is 25.5. The van der Waals surface area contributed by atoms with Crippen molar-refractivity contribution in [1.29, 1.82) is 0 Å². The molecule has 3 aromatic carbocycles. The van der Waals surface area contributed by atoms with Crippen LogP contribution >= 0.6 is 0 Å². The minimum atomic E-state index is -4.43. The average Bonchev–Trinajstić information content (AvgIpc) is 3.36. The van der Waals surface area contributed by atoms with E-state index < -0.39 is 17.8 Å². The van der Waals surface area contributed by atoms with Crippen molar-refractivity contribution in [2.75, 3.05) is 5.32 Å². The molecular weight excluding hydrogens is 513 g/mol. The van der Waals surface area contributed by atoms with Gasteiger partial charge in [0.2, 0.25) is 11.8 Å². The van der Waals surface area contributed by atoms with Crippen molar-refractivity contribution < 1.29 is 32.2 Å². The van der Waals surface area contributed by atoms with Crippen LogP contribution in [0, 0.1) is 0 Å². The number of anilines is 1. The average molecular weight is 532 g/mol. The summed E-state index contributed by atoms with van der Waals surface area (Å²) in [7, 11) is 0. The van der Waals surface area contributed by atoms with Crippen molar-refractivity contribution in [2.45, 2.75) is 12.6 Å². The number of ether oxygens (including phenoxy) is 2. The van der Waals surface area contributed by atoms with Crippen molar-refractivity contribution in [3.05, 3.63) is 109 Å². The van der Waals surface area contributed by atoms with Crippen molar-refractivity contribution >= 4 is 28.7 Å². The van der Waals surface area contributed by atoms with Gasteiger partial charge in [-0.2, -0.15) is 13.2 Å². The Morgan fingerprint density at radius 1 is 0.846 bits per heavy atom. The van der Waals surface area contributed by atoms with E-state index in [0.717, 1.165) is 12.1 Å². The molecule has 1 N–H and O–H groups in total. The lowest BCUT2D eigenvalue weighted by atomic mass is 10.1. The maximum atomic E-state index is 12.7. The van der Waals surface area contributed by atoms with E-state index in [1.54, 1.807) is 54.6 Å². The summed E-state index contributed by atoms with van der Waals surface area (Å²) >= 11 is 0. The van der Waals surface area contributed by atoms with E-state index in [4.69, 9.17) is 9.47 Å². The van der Waals surface area contributed by atoms with Crippen molar-refractivity contribution in [1.82, 2.24) is 14.5 Å². The molecule has 39 heavy (non-hydrogen) atoms. The van der Waals surface area contributed by atoms with E-state index in [2.05, 4.69) is 15.3 Å². The van der Waals surface area contributed by atoms with Gasteiger partial charge in [-0.1, -0.05) is 30.3 Å². The summed E-state index contributed by atoms with van der Waals surface area (Å²) in [6.45, 7) is 0. The molecule has 1 amide bonds. The number of aromatic nitrogens is 3. The Morgan fingerprint density at radius 2 is 1.56 bits per heavy atom. The highest BCUT2D eigenvalue weighted by atomic mass is 19.4. The second kappa shape index (κ2) is 10.7. The molecule has 5 rings (SSSR count). The lowest BCUT2D eigenvalue weighted by Gasteiger charge is -2.10. The van der Waals surface area contributed by atoms with E-state index in [-0.39, 0.29) is 18.2 Å². The standard InChI is InChI=1S/C28H19F3N4O4/c29-28(30,31)19-8-6-18(7-9-19)16-24(36)34-20-10-12-22(13-11-20)38-26-23-14-15-35(25(23)32-17-33-26)27(37)39-21-4-2-1-3-5-21/h1-15,17H,16H2,(H,34,36). The van der Waals surface area contributed by atoms with Gasteiger partial charge in [0, 0.05) is 11.9 Å². The second-order valence-electron chi connectivity index (χ2n) is 8.33. The summed E-state index contributed by atoms with van der Waals surface area (Å²) in [4.78, 5) is 33.3. The summed E-state index contributed by atoms with van der Waals surface area (Å²) < 4.78 is 50.6. The Kier molecular flexibility index (Phi) is 6.96. The van der Waals surface area contributed by atoms with Crippen LogP contribution in [0.2, 0.25) is 0 Å². The lowest BCUT2D eigenvalue weighted by molar-refractivity contribution is -0.137. The number of alkyl halides is 3. The molecule has 11 heteroatoms. The Balaban J connectivity index is 1.23. The molecule has 0 atom stereocenters. The van der Waals surface area contributed by atoms with Crippen LogP contribution in [0.1, 0.15) is 11.1 Å². The first-order valence-electron chi connectivity index (χ1n) is 11.6. The van der Waals surface area contributed by atoms with Gasteiger partial charge in [-0.15, -0.1) is 0 Å². The molecule has 0 bridgehead atoms. The van der Waals surface area contributed by atoms with E-state index in [9.17, 15) is 22.8 Å². The number of hydrogen-bond acceptors (Lipinski definition) is 6. The fraction of sp³-hybridized carbons (Fsp3) is 0.0714. The number of fused-ring (bicyclic) bond motifs is 1. The van der Waals surface area contributed by atoms with Crippen molar-refractivity contribution in [2.24, 2.45) is 0 Å². The number of nitrogens with one attached hydrogen (secondary N) is 1. The molecule has 2 heterocycles. The van der Waals surface area contributed by atoms with E-state index in [1.165, 1.54) is 29.2 Å². The van der Waals surface area contributed by atoms with E-state index in [0.29, 0.717) is 33.8 Å². The molecule has 0 spiro atoms. The predicted molar refractivity (Wildman–Crippen MR) is 136 cm³/mol.